The molecule has 0 radical (unpaired) electrons. The number of hydrogen-bond acceptors (Lipinski definition) is 2. The summed E-state index contributed by atoms with van der Waals surface area (Å²) in [6.45, 7) is 10.1. The molecule has 13 heavy (non-hydrogen) atoms. The molecule has 2 bridgehead atoms. The Kier molecular flexibility index (Phi) is 2.61. The van der Waals surface area contributed by atoms with E-state index in [1.807, 2.05) is 0 Å². The van der Waals surface area contributed by atoms with Gasteiger partial charge in [-0.3, -0.25) is 4.90 Å². The van der Waals surface area contributed by atoms with Crippen LogP contribution in [0.4, 0.5) is 0 Å². The van der Waals surface area contributed by atoms with Crippen molar-refractivity contribution >= 4 is 0 Å². The number of likely N-dealkylation sites (N-methyl/N-ethyl adjacent to an activating group) is 1. The molecule has 2 saturated heterocycles. The van der Waals surface area contributed by atoms with Gasteiger partial charge < -0.3 is 4.74 Å². The molecule has 2 nitrogen and oxygen atoms in total. The lowest BCUT2D eigenvalue weighted by Gasteiger charge is -2.35. The van der Waals surface area contributed by atoms with E-state index in [0.717, 1.165) is 31.1 Å². The topological polar surface area (TPSA) is 12.5 Å². The van der Waals surface area contributed by atoms with Crippen LogP contribution >= 0.6 is 0 Å². The minimum atomic E-state index is 0.712. The second kappa shape index (κ2) is 3.58. The lowest BCUT2D eigenvalue weighted by Crippen LogP contribution is -2.47. The number of morpholine rings is 1. The number of hydrogen-bond donors (Lipinski definition) is 0. The maximum absolute atomic E-state index is 5.63. The number of rotatable bonds is 2. The molecule has 3 atom stereocenters. The Morgan fingerprint density at radius 1 is 1.38 bits per heavy atom. The monoisotopic (exact) mass is 183 g/mol. The van der Waals surface area contributed by atoms with Crippen molar-refractivity contribution < 1.29 is 4.74 Å². The van der Waals surface area contributed by atoms with Crippen molar-refractivity contribution in [3.8, 4) is 0 Å². The van der Waals surface area contributed by atoms with E-state index in [4.69, 9.17) is 4.74 Å². The average molecular weight is 183 g/mol. The summed E-state index contributed by atoms with van der Waals surface area (Å²) in [6.07, 6.45) is 1.36. The van der Waals surface area contributed by atoms with Gasteiger partial charge in [0.15, 0.2) is 0 Å². The minimum Gasteiger partial charge on any atom is -0.378 e. The third-order valence-corrected chi connectivity index (χ3v) is 3.75. The molecule has 76 valence electrons. The minimum absolute atomic E-state index is 0.712. The molecule has 0 amide bonds. The molecular formula is C11H21NO. The van der Waals surface area contributed by atoms with E-state index >= 15 is 0 Å². The van der Waals surface area contributed by atoms with Crippen LogP contribution < -0.4 is 0 Å². The van der Waals surface area contributed by atoms with E-state index in [0.29, 0.717) is 6.04 Å². The highest BCUT2D eigenvalue weighted by Crippen LogP contribution is 2.37. The lowest BCUT2D eigenvalue weighted by atomic mass is 9.88. The molecule has 3 unspecified atom stereocenters. The maximum Gasteiger partial charge on any atom is 0.0625 e. The summed E-state index contributed by atoms with van der Waals surface area (Å²) in [5.74, 6) is 1.68. The Bertz CT molecular complexity index is 181. The predicted octanol–water partition coefficient (Wildman–Crippen LogP) is 1.75. The lowest BCUT2D eigenvalue weighted by molar-refractivity contribution is -0.0203. The van der Waals surface area contributed by atoms with Gasteiger partial charge in [-0.25, -0.2) is 0 Å². The van der Waals surface area contributed by atoms with E-state index in [-0.39, 0.29) is 0 Å². The SMILES string of the molecule is CCN1C2COCC1C(C(C)C)C2. The summed E-state index contributed by atoms with van der Waals surface area (Å²) in [4.78, 5) is 2.65. The molecule has 2 heterocycles. The Morgan fingerprint density at radius 3 is 2.69 bits per heavy atom. The molecule has 2 rings (SSSR count). The van der Waals surface area contributed by atoms with Gasteiger partial charge in [-0.1, -0.05) is 20.8 Å². The number of ether oxygens (including phenoxy) is 1. The van der Waals surface area contributed by atoms with Gasteiger partial charge in [0.1, 0.15) is 0 Å². The van der Waals surface area contributed by atoms with Crippen molar-refractivity contribution in [2.24, 2.45) is 11.8 Å². The molecule has 0 N–H and O–H groups in total. The van der Waals surface area contributed by atoms with Crippen LogP contribution in [0.5, 0.6) is 0 Å². The standard InChI is InChI=1S/C11H21NO/c1-4-12-9-5-10(8(2)3)11(12)7-13-6-9/h8-11H,4-7H2,1-3H3. The molecule has 0 aromatic carbocycles. The Hall–Kier alpha value is -0.0800. The van der Waals surface area contributed by atoms with Crippen LogP contribution in [0.1, 0.15) is 27.2 Å². The first kappa shape index (κ1) is 9.47. The van der Waals surface area contributed by atoms with E-state index in [1.54, 1.807) is 0 Å². The maximum atomic E-state index is 5.63. The van der Waals surface area contributed by atoms with E-state index in [9.17, 15) is 0 Å². The van der Waals surface area contributed by atoms with Crippen molar-refractivity contribution in [3.63, 3.8) is 0 Å². The molecule has 2 fully saturated rings. The average Bonchev–Trinajstić information content (AvgIpc) is 2.31. The van der Waals surface area contributed by atoms with Gasteiger partial charge in [-0.2, -0.15) is 0 Å². The molecule has 0 aromatic rings. The van der Waals surface area contributed by atoms with Crippen LogP contribution in [0.15, 0.2) is 0 Å². The second-order valence-electron chi connectivity index (χ2n) is 4.73. The van der Waals surface area contributed by atoms with Crippen LogP contribution in [0.3, 0.4) is 0 Å². The van der Waals surface area contributed by atoms with Crippen LogP contribution in [0, 0.1) is 11.8 Å². The van der Waals surface area contributed by atoms with E-state index in [1.165, 1.54) is 13.0 Å². The highest BCUT2D eigenvalue weighted by atomic mass is 16.5. The molecular weight excluding hydrogens is 162 g/mol. The van der Waals surface area contributed by atoms with Gasteiger partial charge in [0.25, 0.3) is 0 Å². The molecule has 0 spiro atoms. The number of fused-ring (bicyclic) bond motifs is 2. The fourth-order valence-corrected chi connectivity index (χ4v) is 3.04. The fraction of sp³-hybridized carbons (Fsp3) is 1.00. The van der Waals surface area contributed by atoms with Crippen LogP contribution in [0.2, 0.25) is 0 Å². The molecule has 2 heteroatoms. The second-order valence-corrected chi connectivity index (χ2v) is 4.73. The highest BCUT2D eigenvalue weighted by Gasteiger charge is 2.44. The van der Waals surface area contributed by atoms with Crippen LogP contribution in [-0.4, -0.2) is 36.7 Å². The normalized spacial score (nSPS) is 40.2. The molecule has 2 aliphatic heterocycles. The Balaban J connectivity index is 2.11. The van der Waals surface area contributed by atoms with Gasteiger partial charge >= 0.3 is 0 Å². The first-order valence-electron chi connectivity index (χ1n) is 5.57. The molecule has 0 saturated carbocycles. The zero-order valence-corrected chi connectivity index (χ0v) is 8.99. The van der Waals surface area contributed by atoms with Crippen molar-refractivity contribution in [1.29, 1.82) is 0 Å². The Labute approximate surface area is 81.3 Å². The van der Waals surface area contributed by atoms with Gasteiger partial charge in [-0.15, -0.1) is 0 Å². The Morgan fingerprint density at radius 2 is 2.15 bits per heavy atom. The zero-order chi connectivity index (χ0) is 9.42. The third-order valence-electron chi connectivity index (χ3n) is 3.75. The zero-order valence-electron chi connectivity index (χ0n) is 8.99. The van der Waals surface area contributed by atoms with Crippen LogP contribution in [0.25, 0.3) is 0 Å². The van der Waals surface area contributed by atoms with Crippen LogP contribution in [-0.2, 0) is 4.74 Å². The first-order chi connectivity index (χ1) is 6.24. The summed E-state index contributed by atoms with van der Waals surface area (Å²) in [6, 6.07) is 1.43. The third kappa shape index (κ3) is 1.50. The smallest absolute Gasteiger partial charge is 0.0625 e. The van der Waals surface area contributed by atoms with Gasteiger partial charge in [0.05, 0.1) is 13.2 Å². The van der Waals surface area contributed by atoms with Crippen molar-refractivity contribution in [2.75, 3.05) is 19.8 Å². The largest absolute Gasteiger partial charge is 0.378 e. The van der Waals surface area contributed by atoms with E-state index < -0.39 is 0 Å². The predicted molar refractivity (Wildman–Crippen MR) is 53.7 cm³/mol. The summed E-state index contributed by atoms with van der Waals surface area (Å²) < 4.78 is 5.63. The number of nitrogens with zero attached hydrogens (tertiary/aromatic N) is 1. The quantitative estimate of drug-likeness (QED) is 0.646. The summed E-state index contributed by atoms with van der Waals surface area (Å²) in [7, 11) is 0. The van der Waals surface area contributed by atoms with E-state index in [2.05, 4.69) is 25.7 Å². The summed E-state index contributed by atoms with van der Waals surface area (Å²) >= 11 is 0. The summed E-state index contributed by atoms with van der Waals surface area (Å²) in [5.41, 5.74) is 0. The fourth-order valence-electron chi connectivity index (χ4n) is 3.04. The van der Waals surface area contributed by atoms with Gasteiger partial charge in [0.2, 0.25) is 0 Å². The molecule has 0 aliphatic carbocycles. The first-order valence-corrected chi connectivity index (χ1v) is 5.57. The van der Waals surface area contributed by atoms with Crippen molar-refractivity contribution in [3.05, 3.63) is 0 Å². The highest BCUT2D eigenvalue weighted by molar-refractivity contribution is 4.96. The van der Waals surface area contributed by atoms with Crippen molar-refractivity contribution in [1.82, 2.24) is 4.90 Å². The van der Waals surface area contributed by atoms with Crippen molar-refractivity contribution in [2.45, 2.75) is 39.3 Å². The van der Waals surface area contributed by atoms with Gasteiger partial charge in [0, 0.05) is 12.1 Å². The molecule has 0 aromatic heterocycles. The molecule has 2 aliphatic rings. The van der Waals surface area contributed by atoms with Gasteiger partial charge in [-0.05, 0) is 24.8 Å². The summed E-state index contributed by atoms with van der Waals surface area (Å²) in [5, 5.41) is 0.